The van der Waals surface area contributed by atoms with Gasteiger partial charge >= 0.3 is 6.09 Å². The van der Waals surface area contributed by atoms with Gasteiger partial charge in [0.05, 0.1) is 6.04 Å². The molecule has 3 aromatic rings. The molecule has 1 fully saturated rings. The summed E-state index contributed by atoms with van der Waals surface area (Å²) in [5.74, 6) is 0.603. The zero-order valence-corrected chi connectivity index (χ0v) is 13.9. The fraction of sp³-hybridized carbons (Fsp3) is 0.278. The van der Waals surface area contributed by atoms with Gasteiger partial charge in [-0.2, -0.15) is 5.26 Å². The minimum Gasteiger partial charge on any atom is -0.445 e. The molecule has 0 radical (unpaired) electrons. The summed E-state index contributed by atoms with van der Waals surface area (Å²) in [4.78, 5) is 29.8. The molecule has 0 aliphatic carbocycles. The number of carbonyl (C=O) groups excluding carboxylic acids is 1. The summed E-state index contributed by atoms with van der Waals surface area (Å²) >= 11 is 0. The summed E-state index contributed by atoms with van der Waals surface area (Å²) in [7, 11) is 0. The lowest BCUT2D eigenvalue weighted by atomic mass is 10.2. The first-order chi connectivity index (χ1) is 12.8. The van der Waals surface area contributed by atoms with Gasteiger partial charge in [0.25, 0.3) is 0 Å². The van der Waals surface area contributed by atoms with Crippen molar-refractivity contribution in [3.8, 4) is 6.07 Å². The summed E-state index contributed by atoms with van der Waals surface area (Å²) in [5, 5.41) is 9.16. The van der Waals surface area contributed by atoms with E-state index in [2.05, 4.69) is 19.9 Å². The fourth-order valence-electron chi connectivity index (χ4n) is 3.16. The van der Waals surface area contributed by atoms with Crippen molar-refractivity contribution in [1.29, 1.82) is 5.26 Å². The van der Waals surface area contributed by atoms with Crippen molar-refractivity contribution in [3.05, 3.63) is 53.7 Å². The first-order valence-corrected chi connectivity index (χ1v) is 8.34. The van der Waals surface area contributed by atoms with Crippen molar-refractivity contribution >= 4 is 17.3 Å². The SMILES string of the molecule is N#Cc1ncnc2nc([C@@H]3CCCN3C(=O)OCc3ccccc3)[nH]c12. The number of aromatic nitrogens is 4. The van der Waals surface area contributed by atoms with Crippen molar-refractivity contribution < 1.29 is 9.53 Å². The number of carbonyl (C=O) groups is 1. The number of rotatable bonds is 3. The second-order valence-electron chi connectivity index (χ2n) is 6.05. The van der Waals surface area contributed by atoms with Crippen LogP contribution < -0.4 is 0 Å². The van der Waals surface area contributed by atoms with Crippen molar-refractivity contribution in [2.45, 2.75) is 25.5 Å². The molecular weight excluding hydrogens is 332 g/mol. The zero-order chi connectivity index (χ0) is 17.9. The number of ether oxygens (including phenoxy) is 1. The van der Waals surface area contributed by atoms with Crippen LogP contribution in [0, 0.1) is 11.3 Å². The average Bonchev–Trinajstić information content (AvgIpc) is 3.33. The number of hydrogen-bond donors (Lipinski definition) is 1. The first-order valence-electron chi connectivity index (χ1n) is 8.34. The number of nitriles is 1. The monoisotopic (exact) mass is 348 g/mol. The fourth-order valence-corrected chi connectivity index (χ4v) is 3.16. The van der Waals surface area contributed by atoms with Crippen LogP contribution in [-0.4, -0.2) is 37.5 Å². The highest BCUT2D eigenvalue weighted by molar-refractivity contribution is 5.76. The number of fused-ring (bicyclic) bond motifs is 1. The normalized spacial score (nSPS) is 16.6. The lowest BCUT2D eigenvalue weighted by molar-refractivity contribution is 0.0910. The third-order valence-electron chi connectivity index (χ3n) is 4.42. The van der Waals surface area contributed by atoms with Gasteiger partial charge in [-0.25, -0.2) is 19.7 Å². The van der Waals surface area contributed by atoms with E-state index in [0.29, 0.717) is 23.5 Å². The van der Waals surface area contributed by atoms with Gasteiger partial charge in [0.2, 0.25) is 0 Å². The number of nitrogens with one attached hydrogen (secondary N) is 1. The van der Waals surface area contributed by atoms with E-state index < -0.39 is 0 Å². The van der Waals surface area contributed by atoms with E-state index in [9.17, 15) is 4.79 Å². The van der Waals surface area contributed by atoms with E-state index in [0.717, 1.165) is 18.4 Å². The van der Waals surface area contributed by atoms with Crippen molar-refractivity contribution in [2.75, 3.05) is 6.54 Å². The largest absolute Gasteiger partial charge is 0.445 e. The minimum absolute atomic E-state index is 0.223. The van der Waals surface area contributed by atoms with Gasteiger partial charge in [-0.15, -0.1) is 0 Å². The minimum atomic E-state index is -0.372. The van der Waals surface area contributed by atoms with Crippen LogP contribution in [0.4, 0.5) is 4.79 Å². The number of imidazole rings is 1. The van der Waals surface area contributed by atoms with Crippen LogP contribution >= 0.6 is 0 Å². The lowest BCUT2D eigenvalue weighted by Gasteiger charge is -2.22. The topological polar surface area (TPSA) is 108 Å². The molecular formula is C18H16N6O2. The van der Waals surface area contributed by atoms with Gasteiger partial charge in [-0.05, 0) is 18.4 Å². The van der Waals surface area contributed by atoms with Gasteiger partial charge in [-0.1, -0.05) is 30.3 Å². The number of amides is 1. The van der Waals surface area contributed by atoms with Crippen LogP contribution in [-0.2, 0) is 11.3 Å². The smallest absolute Gasteiger partial charge is 0.410 e. The molecule has 1 atom stereocenters. The molecule has 2 aromatic heterocycles. The highest BCUT2D eigenvalue weighted by Crippen LogP contribution is 2.32. The maximum atomic E-state index is 12.5. The van der Waals surface area contributed by atoms with E-state index in [4.69, 9.17) is 10.00 Å². The van der Waals surface area contributed by atoms with Crippen molar-refractivity contribution in [2.24, 2.45) is 0 Å². The zero-order valence-electron chi connectivity index (χ0n) is 13.9. The molecule has 4 rings (SSSR count). The van der Waals surface area contributed by atoms with E-state index >= 15 is 0 Å². The molecule has 8 heteroatoms. The Balaban J connectivity index is 1.53. The quantitative estimate of drug-likeness (QED) is 0.779. The second-order valence-corrected chi connectivity index (χ2v) is 6.05. The Morgan fingerprint density at radius 3 is 3.00 bits per heavy atom. The number of aromatic amines is 1. The first kappa shape index (κ1) is 16.0. The molecule has 0 saturated carbocycles. The van der Waals surface area contributed by atoms with Gasteiger partial charge in [0.1, 0.15) is 30.3 Å². The van der Waals surface area contributed by atoms with E-state index in [1.807, 2.05) is 36.4 Å². The lowest BCUT2D eigenvalue weighted by Crippen LogP contribution is -2.31. The van der Waals surface area contributed by atoms with Crippen LogP contribution in [0.5, 0.6) is 0 Å². The Bertz CT molecular complexity index is 978. The summed E-state index contributed by atoms with van der Waals surface area (Å²) < 4.78 is 5.45. The molecule has 1 saturated heterocycles. The summed E-state index contributed by atoms with van der Waals surface area (Å²) in [6.45, 7) is 0.833. The Hall–Kier alpha value is -3.47. The second kappa shape index (κ2) is 6.80. The Morgan fingerprint density at radius 2 is 2.19 bits per heavy atom. The molecule has 26 heavy (non-hydrogen) atoms. The van der Waals surface area contributed by atoms with Crippen molar-refractivity contribution in [3.63, 3.8) is 0 Å². The third-order valence-corrected chi connectivity index (χ3v) is 4.42. The predicted molar refractivity (Wildman–Crippen MR) is 91.7 cm³/mol. The molecule has 0 bridgehead atoms. The molecule has 130 valence electrons. The van der Waals surface area contributed by atoms with E-state index in [-0.39, 0.29) is 24.4 Å². The van der Waals surface area contributed by atoms with Crippen LogP contribution in [0.25, 0.3) is 11.2 Å². The summed E-state index contributed by atoms with van der Waals surface area (Å²) in [6.07, 6.45) is 2.57. The molecule has 8 nitrogen and oxygen atoms in total. The molecule has 1 N–H and O–H groups in total. The maximum Gasteiger partial charge on any atom is 0.410 e. The Kier molecular flexibility index (Phi) is 4.19. The molecule has 0 spiro atoms. The number of H-pyrrole nitrogens is 1. The molecule has 1 aliphatic heterocycles. The van der Waals surface area contributed by atoms with Crippen LogP contribution in [0.15, 0.2) is 36.7 Å². The number of nitrogens with zero attached hydrogens (tertiary/aromatic N) is 5. The van der Waals surface area contributed by atoms with Gasteiger partial charge in [-0.3, -0.25) is 4.90 Å². The van der Waals surface area contributed by atoms with Crippen molar-refractivity contribution in [1.82, 2.24) is 24.8 Å². The molecule has 1 aliphatic rings. The molecule has 3 heterocycles. The number of likely N-dealkylation sites (tertiary alicyclic amines) is 1. The highest BCUT2D eigenvalue weighted by atomic mass is 16.6. The molecule has 0 unspecified atom stereocenters. The summed E-state index contributed by atoms with van der Waals surface area (Å²) in [5.41, 5.74) is 2.10. The predicted octanol–water partition coefficient (Wildman–Crippen LogP) is 2.70. The van der Waals surface area contributed by atoms with Gasteiger partial charge < -0.3 is 9.72 Å². The van der Waals surface area contributed by atoms with E-state index in [1.54, 1.807) is 4.90 Å². The Labute approximate surface area is 149 Å². The van der Waals surface area contributed by atoms with Gasteiger partial charge in [0.15, 0.2) is 11.3 Å². The van der Waals surface area contributed by atoms with Crippen LogP contribution in [0.2, 0.25) is 0 Å². The Morgan fingerprint density at radius 1 is 1.35 bits per heavy atom. The molecule has 1 amide bonds. The molecule has 1 aromatic carbocycles. The standard InChI is InChI=1S/C18H16N6O2/c19-9-13-15-17(21-11-20-13)23-16(22-15)14-7-4-8-24(14)18(25)26-10-12-5-2-1-3-6-12/h1-3,5-6,11,14H,4,7-8,10H2,(H,20,21,22,23)/t14-/m0/s1. The third kappa shape index (κ3) is 2.95. The average molecular weight is 348 g/mol. The highest BCUT2D eigenvalue weighted by Gasteiger charge is 2.33. The summed E-state index contributed by atoms with van der Waals surface area (Å²) in [6, 6.07) is 11.4. The maximum absolute atomic E-state index is 12.5. The number of benzene rings is 1. The van der Waals surface area contributed by atoms with Gasteiger partial charge in [0, 0.05) is 6.54 Å². The number of hydrogen-bond acceptors (Lipinski definition) is 6. The van der Waals surface area contributed by atoms with Crippen LogP contribution in [0.3, 0.4) is 0 Å². The van der Waals surface area contributed by atoms with E-state index in [1.165, 1.54) is 6.33 Å². The van der Waals surface area contributed by atoms with Crippen LogP contribution in [0.1, 0.15) is 36.0 Å².